The molecule has 3 heterocycles. The maximum Gasteiger partial charge on any atom is 0.243 e. The van der Waals surface area contributed by atoms with Crippen LogP contribution in [0.4, 0.5) is 5.69 Å². The van der Waals surface area contributed by atoms with Crippen LogP contribution in [-0.2, 0) is 21.3 Å². The number of ether oxygens (including phenoxy) is 1. The quantitative estimate of drug-likeness (QED) is 0.248. The highest BCUT2D eigenvalue weighted by Crippen LogP contribution is 2.32. The third-order valence-electron chi connectivity index (χ3n) is 7.58. The lowest BCUT2D eigenvalue weighted by Gasteiger charge is -2.26. The molecule has 0 spiro atoms. The Balaban J connectivity index is 1.33. The van der Waals surface area contributed by atoms with Crippen LogP contribution in [0, 0.1) is 13.8 Å². The fourth-order valence-electron chi connectivity index (χ4n) is 5.64. The Morgan fingerprint density at radius 2 is 1.67 bits per heavy atom. The molecule has 2 aromatic heterocycles. The third-order valence-corrected chi connectivity index (χ3v) is 9.47. The van der Waals surface area contributed by atoms with Crippen LogP contribution in [0.15, 0.2) is 82.7 Å². The molecule has 0 radical (unpaired) electrons. The van der Waals surface area contributed by atoms with Gasteiger partial charge < -0.3 is 13.9 Å². The van der Waals surface area contributed by atoms with Gasteiger partial charge in [0, 0.05) is 70.3 Å². The number of hydrogen-bond acceptors (Lipinski definition) is 4. The lowest BCUT2D eigenvalue weighted by Crippen LogP contribution is -2.40. The van der Waals surface area contributed by atoms with E-state index in [9.17, 15) is 8.42 Å². The summed E-state index contributed by atoms with van der Waals surface area (Å²) in [5.74, 6) is 0. The molecule has 1 saturated heterocycles. The minimum Gasteiger partial charge on any atom is -0.379 e. The fraction of sp³-hybridized carbons (Fsp3) is 0.258. The summed E-state index contributed by atoms with van der Waals surface area (Å²) >= 11 is 0. The number of para-hydroxylation sites is 1. The first-order chi connectivity index (χ1) is 18.9. The first kappa shape index (κ1) is 25.6. The van der Waals surface area contributed by atoms with Gasteiger partial charge in [-0.3, -0.25) is 4.99 Å². The van der Waals surface area contributed by atoms with Crippen LogP contribution in [-0.4, -0.2) is 54.4 Å². The highest BCUT2D eigenvalue weighted by molar-refractivity contribution is 7.89. The first-order valence-electron chi connectivity index (χ1n) is 13.3. The Morgan fingerprint density at radius 1 is 0.897 bits per heavy atom. The molecule has 8 heteroatoms. The van der Waals surface area contributed by atoms with Crippen molar-refractivity contribution in [1.82, 2.24) is 13.4 Å². The maximum absolute atomic E-state index is 13.2. The Labute approximate surface area is 229 Å². The number of fused-ring (bicyclic) bond motifs is 3. The normalized spacial score (nSPS) is 15.2. The molecule has 3 aromatic carbocycles. The SMILES string of the molecule is CCn1c2ccccc2c2cc(N=Cc3cc(C)n(-c4cccc(S(=O)(=O)N5CCOCC5)c4)c3C)ccc21. The van der Waals surface area contributed by atoms with E-state index in [2.05, 4.69) is 64.6 Å². The Morgan fingerprint density at radius 3 is 2.46 bits per heavy atom. The van der Waals surface area contributed by atoms with E-state index in [-0.39, 0.29) is 0 Å². The fourth-order valence-corrected chi connectivity index (χ4v) is 7.09. The van der Waals surface area contributed by atoms with Crippen LogP contribution in [0.25, 0.3) is 27.5 Å². The Bertz CT molecular complexity index is 1830. The van der Waals surface area contributed by atoms with Gasteiger partial charge >= 0.3 is 0 Å². The van der Waals surface area contributed by atoms with Gasteiger partial charge in [0.15, 0.2) is 0 Å². The highest BCUT2D eigenvalue weighted by atomic mass is 32.2. The predicted molar refractivity (Wildman–Crippen MR) is 157 cm³/mol. The molecule has 0 N–H and O–H groups in total. The number of hydrogen-bond donors (Lipinski definition) is 0. The molecule has 6 rings (SSSR count). The van der Waals surface area contributed by atoms with Gasteiger partial charge in [0.1, 0.15) is 0 Å². The zero-order valence-electron chi connectivity index (χ0n) is 22.5. The van der Waals surface area contributed by atoms with Crippen molar-refractivity contribution in [1.29, 1.82) is 0 Å². The van der Waals surface area contributed by atoms with Crippen LogP contribution in [0.2, 0.25) is 0 Å². The molecule has 0 atom stereocenters. The molecule has 7 nitrogen and oxygen atoms in total. The third kappa shape index (κ3) is 4.48. The van der Waals surface area contributed by atoms with Crippen molar-refractivity contribution in [2.24, 2.45) is 4.99 Å². The van der Waals surface area contributed by atoms with Crippen LogP contribution in [0.3, 0.4) is 0 Å². The summed E-state index contributed by atoms with van der Waals surface area (Å²) in [4.78, 5) is 5.13. The number of aromatic nitrogens is 2. The topological polar surface area (TPSA) is 68.8 Å². The highest BCUT2D eigenvalue weighted by Gasteiger charge is 2.26. The molecule has 1 aliphatic rings. The molecule has 5 aromatic rings. The number of aryl methyl sites for hydroxylation is 2. The summed E-state index contributed by atoms with van der Waals surface area (Å²) in [6.07, 6.45) is 1.90. The van der Waals surface area contributed by atoms with Crippen molar-refractivity contribution in [3.05, 3.63) is 89.7 Å². The van der Waals surface area contributed by atoms with E-state index in [1.54, 1.807) is 18.2 Å². The minimum absolute atomic E-state index is 0.296. The average Bonchev–Trinajstić information content (AvgIpc) is 3.44. The van der Waals surface area contributed by atoms with Gasteiger partial charge in [-0.1, -0.05) is 24.3 Å². The molecular formula is C31H32N4O3S. The van der Waals surface area contributed by atoms with E-state index < -0.39 is 10.0 Å². The number of nitrogens with zero attached hydrogens (tertiary/aromatic N) is 4. The van der Waals surface area contributed by atoms with Crippen LogP contribution in [0.1, 0.15) is 23.9 Å². The van der Waals surface area contributed by atoms with Gasteiger partial charge in [-0.25, -0.2) is 8.42 Å². The standard InChI is InChI=1S/C31H32N4O3S/c1-4-34-30-11-6-5-10-28(30)29-19-25(12-13-31(29)34)32-21-24-18-22(2)35(23(24)3)26-8-7-9-27(20-26)39(36,37)33-14-16-38-17-15-33/h5-13,18-21H,4,14-17H2,1-3H3. The van der Waals surface area contributed by atoms with Crippen molar-refractivity contribution in [3.8, 4) is 5.69 Å². The minimum atomic E-state index is -3.58. The van der Waals surface area contributed by atoms with Gasteiger partial charge in [-0.05, 0) is 69.3 Å². The van der Waals surface area contributed by atoms with E-state index in [1.807, 2.05) is 26.1 Å². The lowest BCUT2D eigenvalue weighted by molar-refractivity contribution is 0.0730. The Hall–Kier alpha value is -3.72. The van der Waals surface area contributed by atoms with Crippen LogP contribution < -0.4 is 0 Å². The van der Waals surface area contributed by atoms with Gasteiger partial charge in [0.05, 0.1) is 23.8 Å². The molecule has 0 saturated carbocycles. The van der Waals surface area contributed by atoms with Crippen molar-refractivity contribution < 1.29 is 13.2 Å². The molecule has 1 fully saturated rings. The zero-order valence-corrected chi connectivity index (χ0v) is 23.3. The molecule has 0 aliphatic carbocycles. The summed E-state index contributed by atoms with van der Waals surface area (Å²) in [5, 5.41) is 2.43. The second-order valence-corrected chi connectivity index (χ2v) is 11.8. The molecule has 0 amide bonds. The van der Waals surface area contributed by atoms with E-state index >= 15 is 0 Å². The molecule has 1 aliphatic heterocycles. The number of morpholine rings is 1. The number of sulfonamides is 1. The monoisotopic (exact) mass is 540 g/mol. The first-order valence-corrected chi connectivity index (χ1v) is 14.7. The molecular weight excluding hydrogens is 508 g/mol. The molecule has 0 unspecified atom stereocenters. The van der Waals surface area contributed by atoms with Crippen LogP contribution >= 0.6 is 0 Å². The summed E-state index contributed by atoms with van der Waals surface area (Å²) in [5.41, 5.74) is 7.15. The molecule has 0 bridgehead atoms. The van der Waals surface area contributed by atoms with E-state index in [0.717, 1.165) is 34.9 Å². The van der Waals surface area contributed by atoms with E-state index in [0.29, 0.717) is 31.2 Å². The van der Waals surface area contributed by atoms with Gasteiger partial charge in [-0.2, -0.15) is 4.31 Å². The number of benzene rings is 3. The van der Waals surface area contributed by atoms with Crippen molar-refractivity contribution >= 4 is 43.7 Å². The lowest BCUT2D eigenvalue weighted by atomic mass is 10.1. The van der Waals surface area contributed by atoms with Crippen LogP contribution in [0.5, 0.6) is 0 Å². The van der Waals surface area contributed by atoms with Crippen molar-refractivity contribution in [3.63, 3.8) is 0 Å². The van der Waals surface area contributed by atoms with E-state index in [4.69, 9.17) is 9.73 Å². The second-order valence-electron chi connectivity index (χ2n) is 9.90. The van der Waals surface area contributed by atoms with Crippen molar-refractivity contribution in [2.45, 2.75) is 32.2 Å². The van der Waals surface area contributed by atoms with Gasteiger partial charge in [-0.15, -0.1) is 0 Å². The smallest absolute Gasteiger partial charge is 0.243 e. The largest absolute Gasteiger partial charge is 0.379 e. The second kappa shape index (κ2) is 10.1. The predicted octanol–water partition coefficient (Wildman–Crippen LogP) is 5.99. The number of aliphatic imine (C=N–C) groups is 1. The molecule has 200 valence electrons. The van der Waals surface area contributed by atoms with Gasteiger partial charge in [0.25, 0.3) is 0 Å². The Kier molecular flexibility index (Phi) is 6.62. The summed E-state index contributed by atoms with van der Waals surface area (Å²) in [6.45, 7) is 8.73. The summed E-state index contributed by atoms with van der Waals surface area (Å²) in [6, 6.07) is 24.1. The zero-order chi connectivity index (χ0) is 27.1. The number of rotatable bonds is 6. The average molecular weight is 541 g/mol. The van der Waals surface area contributed by atoms with Gasteiger partial charge in [0.2, 0.25) is 10.0 Å². The maximum atomic E-state index is 13.2. The van der Waals surface area contributed by atoms with E-state index in [1.165, 1.54) is 26.1 Å². The summed E-state index contributed by atoms with van der Waals surface area (Å²) in [7, 11) is -3.58. The summed E-state index contributed by atoms with van der Waals surface area (Å²) < 4.78 is 37.7. The van der Waals surface area contributed by atoms with Crippen molar-refractivity contribution in [2.75, 3.05) is 26.3 Å². The molecule has 39 heavy (non-hydrogen) atoms.